The van der Waals surface area contributed by atoms with Gasteiger partial charge in [0, 0.05) is 11.1 Å². The maximum atomic E-state index is 14.3. The van der Waals surface area contributed by atoms with E-state index < -0.39 is 11.4 Å². The number of hydrogen-bond donors (Lipinski definition) is 1. The zero-order valence-corrected chi connectivity index (χ0v) is 13.0. The van der Waals surface area contributed by atoms with Crippen molar-refractivity contribution in [3.05, 3.63) is 71.5 Å². The summed E-state index contributed by atoms with van der Waals surface area (Å²) in [5.41, 5.74) is -0.856. The van der Waals surface area contributed by atoms with Gasteiger partial charge in [-0.1, -0.05) is 60.4 Å². The Labute approximate surface area is 136 Å². The lowest BCUT2D eigenvalue weighted by Crippen LogP contribution is -2.27. The highest BCUT2D eigenvalue weighted by Gasteiger charge is 2.32. The second-order valence-electron chi connectivity index (χ2n) is 5.84. The highest BCUT2D eigenvalue weighted by molar-refractivity contribution is 5.45. The second-order valence-corrected chi connectivity index (χ2v) is 5.84. The summed E-state index contributed by atoms with van der Waals surface area (Å²) < 4.78 is 14.3. The predicted octanol–water partition coefficient (Wildman–Crippen LogP) is 3.16. The lowest BCUT2D eigenvalue weighted by atomic mass is 9.86. The molecule has 2 nitrogen and oxygen atoms in total. The average molecular weight is 309 g/mol. The van der Waals surface area contributed by atoms with Gasteiger partial charge in [-0.25, -0.2) is 4.39 Å². The summed E-state index contributed by atoms with van der Waals surface area (Å²) in [5.74, 6) is 5.52. The van der Waals surface area contributed by atoms with Gasteiger partial charge in [-0.05, 0) is 32.0 Å². The molecule has 1 saturated heterocycles. The number of likely N-dealkylation sites (tertiary alicyclic amines) is 1. The molecule has 2 aromatic rings. The Morgan fingerprint density at radius 3 is 2.35 bits per heavy atom. The number of benzene rings is 2. The Balaban J connectivity index is 1.97. The van der Waals surface area contributed by atoms with E-state index in [1.165, 1.54) is 18.9 Å². The summed E-state index contributed by atoms with van der Waals surface area (Å²) in [7, 11) is 0. The molecule has 0 aromatic heterocycles. The highest BCUT2D eigenvalue weighted by atomic mass is 19.1. The number of hydrogen-bond acceptors (Lipinski definition) is 2. The Kier molecular flexibility index (Phi) is 4.76. The van der Waals surface area contributed by atoms with Crippen molar-refractivity contribution in [1.82, 2.24) is 4.90 Å². The number of aliphatic hydroxyl groups is 1. The van der Waals surface area contributed by atoms with E-state index in [9.17, 15) is 9.50 Å². The largest absolute Gasteiger partial charge is 0.369 e. The first kappa shape index (κ1) is 15.7. The third-order valence-corrected chi connectivity index (χ3v) is 4.23. The summed E-state index contributed by atoms with van der Waals surface area (Å²) in [6.07, 6.45) is 2.38. The van der Waals surface area contributed by atoms with Crippen molar-refractivity contribution in [1.29, 1.82) is 0 Å². The van der Waals surface area contributed by atoms with E-state index in [0.717, 1.165) is 13.1 Å². The van der Waals surface area contributed by atoms with Crippen LogP contribution >= 0.6 is 0 Å². The predicted molar refractivity (Wildman–Crippen MR) is 89.3 cm³/mol. The molecule has 1 aliphatic heterocycles. The van der Waals surface area contributed by atoms with E-state index in [4.69, 9.17) is 0 Å². The molecule has 0 amide bonds. The lowest BCUT2D eigenvalue weighted by molar-refractivity contribution is 0.140. The summed E-state index contributed by atoms with van der Waals surface area (Å²) in [6, 6.07) is 15.3. The second kappa shape index (κ2) is 6.95. The van der Waals surface area contributed by atoms with Crippen LogP contribution in [0.4, 0.5) is 4.39 Å². The van der Waals surface area contributed by atoms with Crippen LogP contribution in [0.5, 0.6) is 0 Å². The third-order valence-electron chi connectivity index (χ3n) is 4.23. The molecule has 23 heavy (non-hydrogen) atoms. The summed E-state index contributed by atoms with van der Waals surface area (Å²) in [5, 5.41) is 11.2. The summed E-state index contributed by atoms with van der Waals surface area (Å²) in [6.45, 7) is 2.68. The van der Waals surface area contributed by atoms with Crippen molar-refractivity contribution in [2.45, 2.75) is 18.4 Å². The molecule has 0 radical (unpaired) electrons. The van der Waals surface area contributed by atoms with Gasteiger partial charge >= 0.3 is 0 Å². The molecular weight excluding hydrogens is 289 g/mol. The van der Waals surface area contributed by atoms with Gasteiger partial charge in [0.05, 0.1) is 6.54 Å². The topological polar surface area (TPSA) is 23.5 Å². The number of halogens is 1. The van der Waals surface area contributed by atoms with E-state index in [1.807, 2.05) is 18.2 Å². The third kappa shape index (κ3) is 3.44. The van der Waals surface area contributed by atoms with Crippen LogP contribution in [0.1, 0.15) is 24.0 Å². The van der Waals surface area contributed by atoms with E-state index >= 15 is 0 Å². The van der Waals surface area contributed by atoms with Gasteiger partial charge in [0.25, 0.3) is 0 Å². The van der Waals surface area contributed by atoms with Crippen LogP contribution in [0.15, 0.2) is 54.6 Å². The van der Waals surface area contributed by atoms with Crippen molar-refractivity contribution in [2.24, 2.45) is 0 Å². The molecule has 0 saturated carbocycles. The number of nitrogens with zero attached hydrogens (tertiary/aromatic N) is 1. The van der Waals surface area contributed by atoms with Gasteiger partial charge in [0.15, 0.2) is 5.60 Å². The zero-order valence-electron chi connectivity index (χ0n) is 13.0. The van der Waals surface area contributed by atoms with Crippen molar-refractivity contribution >= 4 is 0 Å². The molecular formula is C20H20FNO. The molecule has 0 bridgehead atoms. The highest BCUT2D eigenvalue weighted by Crippen LogP contribution is 2.30. The van der Waals surface area contributed by atoms with Crippen LogP contribution < -0.4 is 0 Å². The SMILES string of the molecule is OC(C#CCN1CCCC1)(c1ccccc1)c1ccccc1F. The Morgan fingerprint density at radius 1 is 1.00 bits per heavy atom. The number of rotatable bonds is 3. The maximum Gasteiger partial charge on any atom is 0.179 e. The van der Waals surface area contributed by atoms with Gasteiger partial charge in [-0.3, -0.25) is 4.90 Å². The molecule has 1 atom stereocenters. The van der Waals surface area contributed by atoms with Gasteiger partial charge in [-0.2, -0.15) is 0 Å². The van der Waals surface area contributed by atoms with Gasteiger partial charge in [0.2, 0.25) is 0 Å². The van der Waals surface area contributed by atoms with E-state index in [2.05, 4.69) is 16.7 Å². The van der Waals surface area contributed by atoms with Crippen molar-refractivity contribution < 1.29 is 9.50 Å². The minimum absolute atomic E-state index is 0.195. The van der Waals surface area contributed by atoms with Crippen LogP contribution in [0.25, 0.3) is 0 Å². The maximum absolute atomic E-state index is 14.3. The van der Waals surface area contributed by atoms with Crippen LogP contribution in [-0.4, -0.2) is 29.6 Å². The molecule has 1 N–H and O–H groups in total. The average Bonchev–Trinajstić information content (AvgIpc) is 3.09. The Hall–Kier alpha value is -2.15. The first-order valence-corrected chi connectivity index (χ1v) is 7.95. The zero-order chi connectivity index (χ0) is 16.1. The van der Waals surface area contributed by atoms with Crippen LogP contribution in [0, 0.1) is 17.7 Å². The Bertz CT molecular complexity index is 713. The molecule has 0 spiro atoms. The summed E-state index contributed by atoms with van der Waals surface area (Å²) >= 11 is 0. The van der Waals surface area contributed by atoms with E-state index in [-0.39, 0.29) is 5.56 Å². The van der Waals surface area contributed by atoms with Gasteiger partial charge in [0.1, 0.15) is 5.82 Å². The lowest BCUT2D eigenvalue weighted by Gasteiger charge is -2.24. The fraction of sp³-hybridized carbons (Fsp3) is 0.300. The van der Waals surface area contributed by atoms with Crippen LogP contribution in [-0.2, 0) is 5.60 Å². The molecule has 1 unspecified atom stereocenters. The molecule has 1 fully saturated rings. The van der Waals surface area contributed by atoms with Crippen molar-refractivity contribution in [3.63, 3.8) is 0 Å². The fourth-order valence-electron chi connectivity index (χ4n) is 2.95. The molecule has 3 heteroatoms. The van der Waals surface area contributed by atoms with Crippen molar-refractivity contribution in [2.75, 3.05) is 19.6 Å². The molecule has 0 aliphatic carbocycles. The summed E-state index contributed by atoms with van der Waals surface area (Å²) in [4.78, 5) is 2.25. The van der Waals surface area contributed by atoms with E-state index in [0.29, 0.717) is 12.1 Å². The molecule has 2 aromatic carbocycles. The molecule has 3 rings (SSSR count). The fourth-order valence-corrected chi connectivity index (χ4v) is 2.95. The smallest absolute Gasteiger partial charge is 0.179 e. The normalized spacial score (nSPS) is 17.3. The van der Waals surface area contributed by atoms with Crippen LogP contribution in [0.2, 0.25) is 0 Å². The van der Waals surface area contributed by atoms with Crippen LogP contribution in [0.3, 0.4) is 0 Å². The molecule has 1 aliphatic rings. The Morgan fingerprint density at radius 2 is 1.65 bits per heavy atom. The van der Waals surface area contributed by atoms with Crippen molar-refractivity contribution in [3.8, 4) is 11.8 Å². The standard InChI is InChI=1S/C20H20FNO/c21-19-12-5-4-11-18(19)20(23,17-9-2-1-3-10-17)13-8-16-22-14-6-7-15-22/h1-5,9-12,23H,6-7,14-16H2. The molecule has 1 heterocycles. The minimum atomic E-state index is -1.63. The molecule has 118 valence electrons. The quantitative estimate of drug-likeness (QED) is 0.881. The first-order chi connectivity index (χ1) is 11.2. The first-order valence-electron chi connectivity index (χ1n) is 7.95. The van der Waals surface area contributed by atoms with Gasteiger partial charge in [-0.15, -0.1) is 0 Å². The monoisotopic (exact) mass is 309 g/mol. The van der Waals surface area contributed by atoms with E-state index in [1.54, 1.807) is 30.3 Å². The minimum Gasteiger partial charge on any atom is -0.369 e. The van der Waals surface area contributed by atoms with Gasteiger partial charge < -0.3 is 5.11 Å².